The number of rotatable bonds is 3. The van der Waals surface area contributed by atoms with Crippen molar-refractivity contribution in [2.75, 3.05) is 5.32 Å². The van der Waals surface area contributed by atoms with Crippen molar-refractivity contribution >= 4 is 40.1 Å². The van der Waals surface area contributed by atoms with Crippen LogP contribution in [0.15, 0.2) is 67.1 Å². The topological polar surface area (TPSA) is 85.1 Å². The lowest BCUT2D eigenvalue weighted by Gasteiger charge is -2.06. The summed E-state index contributed by atoms with van der Waals surface area (Å²) in [6, 6.07) is 14.7. The molecular formula is C19H12N6OS. The Morgan fingerprint density at radius 3 is 2.74 bits per heavy atom. The summed E-state index contributed by atoms with van der Waals surface area (Å²) in [4.78, 5) is 21.2. The molecule has 3 heterocycles. The number of benzene rings is 2. The molecule has 0 saturated heterocycles. The average molecular weight is 372 g/mol. The standard InChI is InChI=1S/C19H12N6OS/c26-18(13-4-7-15-16(10-13)24-27-23-15)21-14-5-2-12(3-6-14)17-11-25-9-1-8-20-19(25)22-17/h1-11H,(H,21,26). The molecule has 5 aromatic rings. The van der Waals surface area contributed by atoms with Crippen molar-refractivity contribution in [2.45, 2.75) is 0 Å². The molecule has 0 aliphatic rings. The number of carbonyl (C=O) groups is 1. The molecule has 0 aliphatic carbocycles. The second-order valence-electron chi connectivity index (χ2n) is 5.95. The van der Waals surface area contributed by atoms with Crippen LogP contribution in [0.25, 0.3) is 28.1 Å². The van der Waals surface area contributed by atoms with Gasteiger partial charge in [-0.05, 0) is 36.4 Å². The summed E-state index contributed by atoms with van der Waals surface area (Å²) in [6.07, 6.45) is 5.54. The van der Waals surface area contributed by atoms with E-state index in [9.17, 15) is 4.79 Å². The monoisotopic (exact) mass is 372 g/mol. The summed E-state index contributed by atoms with van der Waals surface area (Å²) in [7, 11) is 0. The molecular weight excluding hydrogens is 360 g/mol. The van der Waals surface area contributed by atoms with Gasteiger partial charge in [-0.15, -0.1) is 0 Å². The number of anilines is 1. The Labute approximate surface area is 157 Å². The van der Waals surface area contributed by atoms with Crippen molar-refractivity contribution in [1.29, 1.82) is 0 Å². The fraction of sp³-hybridized carbons (Fsp3) is 0. The first-order valence-corrected chi connectivity index (χ1v) is 8.93. The van der Waals surface area contributed by atoms with Gasteiger partial charge in [0.1, 0.15) is 11.0 Å². The molecule has 2 aromatic carbocycles. The summed E-state index contributed by atoms with van der Waals surface area (Å²) in [5.74, 6) is 0.464. The SMILES string of the molecule is O=C(Nc1ccc(-c2cn3cccnc3n2)cc1)c1ccc2nsnc2c1. The van der Waals surface area contributed by atoms with Crippen LogP contribution in [0, 0.1) is 0 Å². The smallest absolute Gasteiger partial charge is 0.255 e. The van der Waals surface area contributed by atoms with E-state index in [-0.39, 0.29) is 5.91 Å². The zero-order chi connectivity index (χ0) is 18.2. The third kappa shape index (κ3) is 2.91. The Morgan fingerprint density at radius 1 is 1.04 bits per heavy atom. The Hall–Kier alpha value is -3.65. The number of carbonyl (C=O) groups excluding carboxylic acids is 1. The molecule has 0 spiro atoms. The lowest BCUT2D eigenvalue weighted by atomic mass is 10.1. The Balaban J connectivity index is 1.37. The van der Waals surface area contributed by atoms with E-state index < -0.39 is 0 Å². The van der Waals surface area contributed by atoms with Gasteiger partial charge in [0.15, 0.2) is 0 Å². The Bertz CT molecular complexity index is 1240. The van der Waals surface area contributed by atoms with Crippen LogP contribution >= 0.6 is 11.7 Å². The second kappa shape index (κ2) is 6.26. The molecule has 8 heteroatoms. The first-order valence-electron chi connectivity index (χ1n) is 8.20. The van der Waals surface area contributed by atoms with Crippen LogP contribution < -0.4 is 5.32 Å². The summed E-state index contributed by atoms with van der Waals surface area (Å²) in [5, 5.41) is 2.90. The van der Waals surface area contributed by atoms with Crippen LogP contribution in [-0.4, -0.2) is 29.0 Å². The fourth-order valence-electron chi connectivity index (χ4n) is 2.82. The maximum atomic E-state index is 12.5. The zero-order valence-corrected chi connectivity index (χ0v) is 14.7. The first-order chi connectivity index (χ1) is 13.3. The van der Waals surface area contributed by atoms with Crippen molar-refractivity contribution < 1.29 is 4.79 Å². The molecule has 0 bridgehead atoms. The van der Waals surface area contributed by atoms with Crippen LogP contribution in [-0.2, 0) is 0 Å². The molecule has 7 nitrogen and oxygen atoms in total. The molecule has 1 amide bonds. The lowest BCUT2D eigenvalue weighted by Crippen LogP contribution is -2.11. The normalized spacial score (nSPS) is 11.1. The van der Waals surface area contributed by atoms with Crippen LogP contribution in [0.3, 0.4) is 0 Å². The number of fused-ring (bicyclic) bond motifs is 2. The number of hydrogen-bond donors (Lipinski definition) is 1. The minimum atomic E-state index is -0.186. The summed E-state index contributed by atoms with van der Waals surface area (Å²) >= 11 is 1.13. The number of aromatic nitrogens is 5. The van der Waals surface area contributed by atoms with E-state index in [1.54, 1.807) is 24.4 Å². The minimum absolute atomic E-state index is 0.186. The van der Waals surface area contributed by atoms with E-state index in [0.29, 0.717) is 17.0 Å². The van der Waals surface area contributed by atoms with Gasteiger partial charge in [0, 0.05) is 35.4 Å². The Kier molecular flexibility index (Phi) is 3.61. The van der Waals surface area contributed by atoms with Gasteiger partial charge in [0.05, 0.1) is 17.4 Å². The third-order valence-corrected chi connectivity index (χ3v) is 4.75. The van der Waals surface area contributed by atoms with E-state index >= 15 is 0 Å². The summed E-state index contributed by atoms with van der Waals surface area (Å²) < 4.78 is 10.2. The highest BCUT2D eigenvalue weighted by Crippen LogP contribution is 2.21. The van der Waals surface area contributed by atoms with Gasteiger partial charge in [-0.2, -0.15) is 8.75 Å². The summed E-state index contributed by atoms with van der Waals surface area (Å²) in [6.45, 7) is 0. The maximum Gasteiger partial charge on any atom is 0.255 e. The first kappa shape index (κ1) is 15.6. The molecule has 130 valence electrons. The molecule has 0 unspecified atom stereocenters. The van der Waals surface area contributed by atoms with Crippen molar-refractivity contribution in [2.24, 2.45) is 0 Å². The van der Waals surface area contributed by atoms with E-state index in [1.165, 1.54) is 0 Å². The number of nitrogens with zero attached hydrogens (tertiary/aromatic N) is 5. The number of amides is 1. The second-order valence-corrected chi connectivity index (χ2v) is 6.48. The van der Waals surface area contributed by atoms with Crippen LogP contribution in [0.1, 0.15) is 10.4 Å². The van der Waals surface area contributed by atoms with Crippen molar-refractivity contribution in [3.05, 3.63) is 72.7 Å². The van der Waals surface area contributed by atoms with E-state index in [0.717, 1.165) is 34.0 Å². The largest absolute Gasteiger partial charge is 0.322 e. The third-order valence-electron chi connectivity index (χ3n) is 4.19. The lowest BCUT2D eigenvalue weighted by molar-refractivity contribution is 0.102. The Morgan fingerprint density at radius 2 is 1.89 bits per heavy atom. The van der Waals surface area contributed by atoms with Gasteiger partial charge < -0.3 is 5.32 Å². The molecule has 0 saturated carbocycles. The van der Waals surface area contributed by atoms with E-state index in [2.05, 4.69) is 24.0 Å². The minimum Gasteiger partial charge on any atom is -0.322 e. The van der Waals surface area contributed by atoms with Crippen LogP contribution in [0.5, 0.6) is 0 Å². The number of hydrogen-bond acceptors (Lipinski definition) is 6. The molecule has 0 aliphatic heterocycles. The summed E-state index contributed by atoms with van der Waals surface area (Å²) in [5.41, 5.74) is 4.56. The van der Waals surface area contributed by atoms with Gasteiger partial charge in [-0.3, -0.25) is 9.20 Å². The molecule has 27 heavy (non-hydrogen) atoms. The predicted octanol–water partition coefficient (Wildman–Crippen LogP) is 3.65. The quantitative estimate of drug-likeness (QED) is 0.522. The molecule has 5 rings (SSSR count). The van der Waals surface area contributed by atoms with Crippen LogP contribution in [0.4, 0.5) is 5.69 Å². The fourth-order valence-corrected chi connectivity index (χ4v) is 3.34. The highest BCUT2D eigenvalue weighted by atomic mass is 32.1. The van der Waals surface area contributed by atoms with Crippen molar-refractivity contribution in [1.82, 2.24) is 23.1 Å². The van der Waals surface area contributed by atoms with Gasteiger partial charge in [-0.1, -0.05) is 12.1 Å². The van der Waals surface area contributed by atoms with Crippen molar-refractivity contribution in [3.63, 3.8) is 0 Å². The predicted molar refractivity (Wildman–Crippen MR) is 104 cm³/mol. The molecule has 0 radical (unpaired) electrons. The zero-order valence-electron chi connectivity index (χ0n) is 13.9. The van der Waals surface area contributed by atoms with Gasteiger partial charge in [0.2, 0.25) is 5.78 Å². The molecule has 0 atom stereocenters. The highest BCUT2D eigenvalue weighted by molar-refractivity contribution is 7.00. The van der Waals surface area contributed by atoms with E-state index in [4.69, 9.17) is 0 Å². The molecule has 0 fully saturated rings. The van der Waals surface area contributed by atoms with Gasteiger partial charge in [-0.25, -0.2) is 9.97 Å². The van der Waals surface area contributed by atoms with Crippen LogP contribution in [0.2, 0.25) is 0 Å². The number of nitrogens with one attached hydrogen (secondary N) is 1. The van der Waals surface area contributed by atoms with Crippen molar-refractivity contribution in [3.8, 4) is 11.3 Å². The number of imidazole rings is 1. The molecule has 3 aromatic heterocycles. The molecule has 1 N–H and O–H groups in total. The van der Waals surface area contributed by atoms with E-state index in [1.807, 2.05) is 47.1 Å². The van der Waals surface area contributed by atoms with Gasteiger partial charge >= 0.3 is 0 Å². The highest BCUT2D eigenvalue weighted by Gasteiger charge is 2.10. The average Bonchev–Trinajstić information content (AvgIpc) is 3.34. The van der Waals surface area contributed by atoms with Gasteiger partial charge in [0.25, 0.3) is 5.91 Å². The maximum absolute atomic E-state index is 12.5.